The number of hydrogen-bond acceptors (Lipinski definition) is 1. The minimum atomic E-state index is 0.789. The molecule has 0 aliphatic carbocycles. The molecule has 0 aliphatic rings. The van der Waals surface area contributed by atoms with Gasteiger partial charge in [0.15, 0.2) is 0 Å². The molecule has 1 aromatic rings. The normalized spacial score (nSPS) is 12.3. The van der Waals surface area contributed by atoms with Gasteiger partial charge in [0.05, 0.1) is 0 Å². The molecule has 1 rings (SSSR count). The van der Waals surface area contributed by atoms with Crippen LogP contribution in [0.25, 0.3) is 0 Å². The lowest BCUT2D eigenvalue weighted by molar-refractivity contribution is 0.446. The van der Waals surface area contributed by atoms with Crippen LogP contribution in [0.4, 0.5) is 0 Å². The molecule has 0 N–H and O–H groups in total. The zero-order chi connectivity index (χ0) is 10.9. The highest BCUT2D eigenvalue weighted by atomic mass is 14.6. The molecule has 15 heavy (non-hydrogen) atoms. The number of aromatic nitrogens is 1. The Morgan fingerprint density at radius 2 is 2.33 bits per heavy atom. The molecule has 82 valence electrons. The van der Waals surface area contributed by atoms with Gasteiger partial charge in [-0.3, -0.25) is 4.98 Å². The van der Waals surface area contributed by atoms with Crippen LogP contribution in [0.15, 0.2) is 37.2 Å². The van der Waals surface area contributed by atoms with E-state index in [-0.39, 0.29) is 0 Å². The van der Waals surface area contributed by atoms with E-state index in [0.717, 1.165) is 18.8 Å². The third-order valence-corrected chi connectivity index (χ3v) is 2.72. The minimum absolute atomic E-state index is 0.789. The molecule has 0 saturated heterocycles. The van der Waals surface area contributed by atoms with Crippen LogP contribution in [0.2, 0.25) is 0 Å². The Labute approximate surface area is 93.2 Å². The first-order chi connectivity index (χ1) is 7.36. The lowest BCUT2D eigenvalue weighted by Gasteiger charge is -2.14. The van der Waals surface area contributed by atoms with Gasteiger partial charge in [-0.05, 0) is 36.8 Å². The lowest BCUT2D eigenvalue weighted by Crippen LogP contribution is -2.04. The molecule has 1 unspecified atom stereocenters. The van der Waals surface area contributed by atoms with E-state index in [1.165, 1.54) is 24.8 Å². The topological polar surface area (TPSA) is 12.9 Å². The number of rotatable bonds is 7. The van der Waals surface area contributed by atoms with E-state index >= 15 is 0 Å². The fourth-order valence-corrected chi connectivity index (χ4v) is 1.96. The molecular formula is C14H21N. The van der Waals surface area contributed by atoms with Crippen molar-refractivity contribution in [2.24, 2.45) is 5.92 Å². The molecular weight excluding hydrogens is 182 g/mol. The second-order valence-electron chi connectivity index (χ2n) is 4.09. The predicted octanol–water partition coefficient (Wildman–Crippen LogP) is 4.01. The third kappa shape index (κ3) is 4.78. The Kier molecular flexibility index (Phi) is 5.76. The van der Waals surface area contributed by atoms with Crippen LogP contribution in [0.3, 0.4) is 0 Å². The van der Waals surface area contributed by atoms with E-state index < -0.39 is 0 Å². The van der Waals surface area contributed by atoms with Gasteiger partial charge in [0.2, 0.25) is 0 Å². The molecule has 1 heteroatoms. The summed E-state index contributed by atoms with van der Waals surface area (Å²) in [4.78, 5) is 4.16. The van der Waals surface area contributed by atoms with Crippen LogP contribution >= 0.6 is 0 Å². The van der Waals surface area contributed by atoms with Gasteiger partial charge in [-0.15, -0.1) is 6.58 Å². The van der Waals surface area contributed by atoms with E-state index in [2.05, 4.69) is 24.6 Å². The van der Waals surface area contributed by atoms with Crippen molar-refractivity contribution < 1.29 is 0 Å². The van der Waals surface area contributed by atoms with Crippen LogP contribution in [0.5, 0.6) is 0 Å². The smallest absolute Gasteiger partial charge is 0.0299 e. The highest BCUT2D eigenvalue weighted by Gasteiger charge is 2.07. The van der Waals surface area contributed by atoms with Crippen LogP contribution in [-0.2, 0) is 6.42 Å². The fourth-order valence-electron chi connectivity index (χ4n) is 1.96. The summed E-state index contributed by atoms with van der Waals surface area (Å²) in [7, 11) is 0. The van der Waals surface area contributed by atoms with Crippen molar-refractivity contribution in [3.8, 4) is 0 Å². The maximum Gasteiger partial charge on any atom is 0.0299 e. The van der Waals surface area contributed by atoms with E-state index in [0.29, 0.717) is 0 Å². The summed E-state index contributed by atoms with van der Waals surface area (Å²) < 4.78 is 0. The highest BCUT2D eigenvalue weighted by Crippen LogP contribution is 2.18. The first-order valence-corrected chi connectivity index (χ1v) is 5.86. The number of allylic oxidation sites excluding steroid dienone is 1. The summed E-state index contributed by atoms with van der Waals surface area (Å²) in [6, 6.07) is 4.19. The second kappa shape index (κ2) is 7.22. The van der Waals surface area contributed by atoms with Crippen molar-refractivity contribution in [1.82, 2.24) is 4.98 Å². The Balaban J connectivity index is 2.46. The average molecular weight is 203 g/mol. The van der Waals surface area contributed by atoms with Crippen molar-refractivity contribution in [1.29, 1.82) is 0 Å². The molecule has 1 nitrogen and oxygen atoms in total. The Bertz CT molecular complexity index is 266. The summed E-state index contributed by atoms with van der Waals surface area (Å²) >= 11 is 0. The SMILES string of the molecule is C=CCCC(CCC)Cc1cccnc1. The molecule has 0 saturated carbocycles. The lowest BCUT2D eigenvalue weighted by atomic mass is 9.91. The zero-order valence-electron chi connectivity index (χ0n) is 9.65. The molecule has 1 atom stereocenters. The Morgan fingerprint density at radius 1 is 1.47 bits per heavy atom. The maximum absolute atomic E-state index is 4.16. The van der Waals surface area contributed by atoms with Crippen molar-refractivity contribution in [2.45, 2.75) is 39.0 Å². The Hall–Kier alpha value is -1.11. The van der Waals surface area contributed by atoms with E-state index in [9.17, 15) is 0 Å². The zero-order valence-corrected chi connectivity index (χ0v) is 9.65. The third-order valence-electron chi connectivity index (χ3n) is 2.72. The first kappa shape index (κ1) is 12.0. The van der Waals surface area contributed by atoms with Crippen LogP contribution < -0.4 is 0 Å². The molecule has 0 aliphatic heterocycles. The second-order valence-corrected chi connectivity index (χ2v) is 4.09. The standard InChI is InChI=1S/C14H21N/c1-3-5-8-13(7-4-2)11-14-9-6-10-15-12-14/h3,6,9-10,12-13H,1,4-5,7-8,11H2,2H3. The summed E-state index contributed by atoms with van der Waals surface area (Å²) in [5.41, 5.74) is 1.36. The summed E-state index contributed by atoms with van der Waals surface area (Å²) in [6.45, 7) is 6.04. The number of hydrogen-bond donors (Lipinski definition) is 0. The minimum Gasteiger partial charge on any atom is -0.264 e. The van der Waals surface area contributed by atoms with Gasteiger partial charge >= 0.3 is 0 Å². The van der Waals surface area contributed by atoms with Gasteiger partial charge in [0, 0.05) is 12.4 Å². The maximum atomic E-state index is 4.16. The van der Waals surface area contributed by atoms with Gasteiger partial charge in [-0.1, -0.05) is 31.9 Å². The molecule has 1 heterocycles. The van der Waals surface area contributed by atoms with Crippen molar-refractivity contribution >= 4 is 0 Å². The van der Waals surface area contributed by atoms with Crippen molar-refractivity contribution in [3.05, 3.63) is 42.7 Å². The molecule has 0 amide bonds. The van der Waals surface area contributed by atoms with E-state index in [1.54, 1.807) is 0 Å². The average Bonchev–Trinajstić information content (AvgIpc) is 2.28. The van der Waals surface area contributed by atoms with Gasteiger partial charge < -0.3 is 0 Å². The monoisotopic (exact) mass is 203 g/mol. The van der Waals surface area contributed by atoms with Gasteiger partial charge in [-0.2, -0.15) is 0 Å². The molecule has 0 radical (unpaired) electrons. The van der Waals surface area contributed by atoms with Crippen LogP contribution in [0.1, 0.15) is 38.2 Å². The quantitative estimate of drug-likeness (QED) is 0.610. The first-order valence-electron chi connectivity index (χ1n) is 5.86. The van der Waals surface area contributed by atoms with Gasteiger partial charge in [0.25, 0.3) is 0 Å². The van der Waals surface area contributed by atoms with Gasteiger partial charge in [-0.25, -0.2) is 0 Å². The number of nitrogens with zero attached hydrogens (tertiary/aromatic N) is 1. The highest BCUT2D eigenvalue weighted by molar-refractivity contribution is 5.09. The van der Waals surface area contributed by atoms with Crippen LogP contribution in [0, 0.1) is 5.92 Å². The summed E-state index contributed by atoms with van der Waals surface area (Å²) in [5.74, 6) is 0.789. The molecule has 0 aromatic carbocycles. The Morgan fingerprint density at radius 3 is 2.93 bits per heavy atom. The van der Waals surface area contributed by atoms with E-state index in [4.69, 9.17) is 0 Å². The summed E-state index contributed by atoms with van der Waals surface area (Å²) in [6.07, 6.45) is 12.0. The predicted molar refractivity (Wildman–Crippen MR) is 65.8 cm³/mol. The largest absolute Gasteiger partial charge is 0.264 e. The molecule has 0 bridgehead atoms. The van der Waals surface area contributed by atoms with Gasteiger partial charge in [0.1, 0.15) is 0 Å². The molecule has 1 aromatic heterocycles. The van der Waals surface area contributed by atoms with Crippen molar-refractivity contribution in [2.75, 3.05) is 0 Å². The van der Waals surface area contributed by atoms with E-state index in [1.807, 2.05) is 24.5 Å². The molecule has 0 fully saturated rings. The molecule has 0 spiro atoms. The van der Waals surface area contributed by atoms with Crippen LogP contribution in [-0.4, -0.2) is 4.98 Å². The number of pyridine rings is 1. The summed E-state index contributed by atoms with van der Waals surface area (Å²) in [5, 5.41) is 0. The van der Waals surface area contributed by atoms with Crippen molar-refractivity contribution in [3.63, 3.8) is 0 Å². The fraction of sp³-hybridized carbons (Fsp3) is 0.500.